The van der Waals surface area contributed by atoms with Crippen LogP contribution in [0.2, 0.25) is 0 Å². The normalized spacial score (nSPS) is 13.5. The maximum absolute atomic E-state index is 12.6. The Balaban J connectivity index is 0.000000469. The maximum atomic E-state index is 12.6. The van der Waals surface area contributed by atoms with Gasteiger partial charge in [-0.25, -0.2) is 9.59 Å². The Labute approximate surface area is 175 Å². The monoisotopic (exact) mass is 415 g/mol. The molecular weight excluding hydrogens is 386 g/mol. The number of anilines is 1. The first-order chi connectivity index (χ1) is 14.4. The SMILES string of the molecule is CCCc1nc2ccccc2c(NC(=O)CN2CCCC2)c1CC.O=C(O)C(=O)O. The number of likely N-dealkylation sites (tertiary alicyclic amines) is 1. The number of nitrogens with one attached hydrogen (secondary N) is 1. The number of fused-ring (bicyclic) bond motifs is 1. The summed E-state index contributed by atoms with van der Waals surface area (Å²) in [6.07, 6.45) is 5.29. The Kier molecular flexibility index (Phi) is 8.73. The zero-order valence-electron chi connectivity index (χ0n) is 17.5. The number of aromatic nitrogens is 1. The molecule has 8 nitrogen and oxygen atoms in total. The third kappa shape index (κ3) is 6.25. The second-order valence-electron chi connectivity index (χ2n) is 7.17. The molecule has 3 N–H and O–H groups in total. The summed E-state index contributed by atoms with van der Waals surface area (Å²) >= 11 is 0. The highest BCUT2D eigenvalue weighted by molar-refractivity contribution is 6.27. The second-order valence-corrected chi connectivity index (χ2v) is 7.17. The van der Waals surface area contributed by atoms with Gasteiger partial charge in [0.1, 0.15) is 0 Å². The van der Waals surface area contributed by atoms with Crippen LogP contribution in [0.5, 0.6) is 0 Å². The van der Waals surface area contributed by atoms with Crippen LogP contribution in [0.3, 0.4) is 0 Å². The molecule has 1 fully saturated rings. The molecule has 1 aromatic heterocycles. The number of carbonyl (C=O) groups is 3. The first kappa shape index (κ1) is 23.3. The molecule has 0 bridgehead atoms. The zero-order valence-corrected chi connectivity index (χ0v) is 17.5. The fourth-order valence-electron chi connectivity index (χ4n) is 3.59. The van der Waals surface area contributed by atoms with E-state index in [1.807, 2.05) is 18.2 Å². The zero-order chi connectivity index (χ0) is 22.1. The van der Waals surface area contributed by atoms with Gasteiger partial charge in [0.2, 0.25) is 5.91 Å². The molecule has 0 saturated carbocycles. The van der Waals surface area contributed by atoms with Crippen LogP contribution in [0.15, 0.2) is 24.3 Å². The highest BCUT2D eigenvalue weighted by Gasteiger charge is 2.18. The molecule has 0 spiro atoms. The van der Waals surface area contributed by atoms with Crippen LogP contribution in [0.25, 0.3) is 10.9 Å². The quantitative estimate of drug-likeness (QED) is 0.621. The number of carboxylic acids is 2. The summed E-state index contributed by atoms with van der Waals surface area (Å²) in [5.41, 5.74) is 4.24. The summed E-state index contributed by atoms with van der Waals surface area (Å²) in [5.74, 6) is -3.56. The van der Waals surface area contributed by atoms with Crippen LogP contribution in [-0.2, 0) is 27.2 Å². The summed E-state index contributed by atoms with van der Waals surface area (Å²) in [5, 5.41) is 19.0. The number of amides is 1. The van der Waals surface area contributed by atoms with Crippen molar-refractivity contribution in [2.24, 2.45) is 0 Å². The molecule has 3 rings (SSSR count). The first-order valence-corrected chi connectivity index (χ1v) is 10.3. The summed E-state index contributed by atoms with van der Waals surface area (Å²) in [6, 6.07) is 8.11. The molecular formula is C22H29N3O5. The number of benzene rings is 1. The Morgan fingerprint density at radius 3 is 2.27 bits per heavy atom. The molecule has 1 amide bonds. The lowest BCUT2D eigenvalue weighted by Gasteiger charge is -2.19. The molecule has 1 aliphatic heterocycles. The number of pyridine rings is 1. The van der Waals surface area contributed by atoms with E-state index in [4.69, 9.17) is 24.8 Å². The van der Waals surface area contributed by atoms with Crippen LogP contribution < -0.4 is 5.32 Å². The molecule has 1 aliphatic rings. The molecule has 30 heavy (non-hydrogen) atoms. The molecule has 8 heteroatoms. The summed E-state index contributed by atoms with van der Waals surface area (Å²) < 4.78 is 0. The number of hydrogen-bond donors (Lipinski definition) is 3. The van der Waals surface area contributed by atoms with Crippen molar-refractivity contribution in [2.75, 3.05) is 25.0 Å². The number of hydrogen-bond acceptors (Lipinski definition) is 5. The van der Waals surface area contributed by atoms with Crippen LogP contribution in [-0.4, -0.2) is 57.6 Å². The predicted molar refractivity (Wildman–Crippen MR) is 115 cm³/mol. The Morgan fingerprint density at radius 2 is 1.70 bits per heavy atom. The minimum atomic E-state index is -1.82. The van der Waals surface area contributed by atoms with Crippen LogP contribution >= 0.6 is 0 Å². The van der Waals surface area contributed by atoms with Crippen LogP contribution in [0.4, 0.5) is 5.69 Å². The molecule has 2 aromatic rings. The number of carboxylic acid groups (broad SMARTS) is 2. The Morgan fingerprint density at radius 1 is 1.07 bits per heavy atom. The fraction of sp³-hybridized carbons (Fsp3) is 0.455. The largest absolute Gasteiger partial charge is 0.473 e. The standard InChI is InChI=1S/C20H27N3O.C2H2O4/c1-3-9-17-15(4-2)20(16-10-5-6-11-18(16)21-17)22-19(24)14-23-12-7-8-13-23;3-1(4)2(5)6/h5-6,10-11H,3-4,7-9,12-14H2,1-2H3,(H,21,22,24);(H,3,4)(H,5,6). The summed E-state index contributed by atoms with van der Waals surface area (Å²) in [4.78, 5) is 37.9. The van der Waals surface area contributed by atoms with Gasteiger partial charge in [-0.1, -0.05) is 38.5 Å². The van der Waals surface area contributed by atoms with E-state index in [1.165, 1.54) is 18.4 Å². The fourth-order valence-corrected chi connectivity index (χ4v) is 3.59. The topological polar surface area (TPSA) is 120 Å². The van der Waals surface area contributed by atoms with Crippen molar-refractivity contribution < 1.29 is 24.6 Å². The van der Waals surface area contributed by atoms with E-state index in [2.05, 4.69) is 30.1 Å². The van der Waals surface area contributed by atoms with Crippen LogP contribution in [0.1, 0.15) is 44.4 Å². The molecule has 0 unspecified atom stereocenters. The number of nitrogens with zero attached hydrogens (tertiary/aromatic N) is 2. The molecule has 2 heterocycles. The van der Waals surface area contributed by atoms with Gasteiger partial charge in [0.25, 0.3) is 0 Å². The van der Waals surface area contributed by atoms with Gasteiger partial charge in [-0.3, -0.25) is 14.7 Å². The number of rotatable bonds is 6. The van der Waals surface area contributed by atoms with Crippen molar-refractivity contribution in [1.82, 2.24) is 9.88 Å². The van der Waals surface area contributed by atoms with E-state index in [0.717, 1.165) is 54.6 Å². The average Bonchev–Trinajstić information content (AvgIpc) is 3.21. The van der Waals surface area contributed by atoms with Crippen molar-refractivity contribution in [3.63, 3.8) is 0 Å². The van der Waals surface area contributed by atoms with E-state index in [1.54, 1.807) is 0 Å². The van der Waals surface area contributed by atoms with E-state index >= 15 is 0 Å². The van der Waals surface area contributed by atoms with Gasteiger partial charge in [-0.05, 0) is 50.4 Å². The van der Waals surface area contributed by atoms with Crippen molar-refractivity contribution in [2.45, 2.75) is 46.0 Å². The molecule has 1 saturated heterocycles. The summed E-state index contributed by atoms with van der Waals surface area (Å²) in [7, 11) is 0. The Bertz CT molecular complexity index is 895. The highest BCUT2D eigenvalue weighted by atomic mass is 16.4. The number of aryl methyl sites for hydroxylation is 1. The lowest BCUT2D eigenvalue weighted by Crippen LogP contribution is -2.31. The highest BCUT2D eigenvalue weighted by Crippen LogP contribution is 2.30. The van der Waals surface area contributed by atoms with Gasteiger partial charge >= 0.3 is 11.9 Å². The second kappa shape index (κ2) is 11.3. The predicted octanol–water partition coefficient (Wildman–Crippen LogP) is 2.94. The van der Waals surface area contributed by atoms with Crippen molar-refractivity contribution in [3.8, 4) is 0 Å². The molecule has 0 aliphatic carbocycles. The van der Waals surface area contributed by atoms with E-state index in [0.29, 0.717) is 6.54 Å². The third-order valence-electron chi connectivity index (χ3n) is 4.93. The van der Waals surface area contributed by atoms with Crippen LogP contribution in [0, 0.1) is 0 Å². The van der Waals surface area contributed by atoms with E-state index in [-0.39, 0.29) is 5.91 Å². The van der Waals surface area contributed by atoms with Gasteiger partial charge in [0.15, 0.2) is 0 Å². The number of aliphatic carboxylic acids is 2. The minimum absolute atomic E-state index is 0.0883. The molecule has 1 aromatic carbocycles. The van der Waals surface area contributed by atoms with E-state index < -0.39 is 11.9 Å². The van der Waals surface area contributed by atoms with Crippen molar-refractivity contribution >= 4 is 34.4 Å². The van der Waals surface area contributed by atoms with Gasteiger partial charge in [-0.15, -0.1) is 0 Å². The Hall–Kier alpha value is -3.00. The molecule has 162 valence electrons. The van der Waals surface area contributed by atoms with Gasteiger partial charge in [0.05, 0.1) is 17.7 Å². The lowest BCUT2D eigenvalue weighted by molar-refractivity contribution is -0.159. The first-order valence-electron chi connectivity index (χ1n) is 10.3. The lowest BCUT2D eigenvalue weighted by atomic mass is 10.0. The van der Waals surface area contributed by atoms with Crippen molar-refractivity contribution in [3.05, 3.63) is 35.5 Å². The van der Waals surface area contributed by atoms with Gasteiger partial charge < -0.3 is 15.5 Å². The average molecular weight is 415 g/mol. The van der Waals surface area contributed by atoms with Gasteiger partial charge in [-0.2, -0.15) is 0 Å². The van der Waals surface area contributed by atoms with Gasteiger partial charge in [0, 0.05) is 11.1 Å². The molecule has 0 radical (unpaired) electrons. The molecule has 0 atom stereocenters. The summed E-state index contributed by atoms with van der Waals surface area (Å²) in [6.45, 7) is 6.87. The van der Waals surface area contributed by atoms with Crippen molar-refractivity contribution in [1.29, 1.82) is 0 Å². The number of para-hydroxylation sites is 1. The minimum Gasteiger partial charge on any atom is -0.473 e. The van der Waals surface area contributed by atoms with E-state index in [9.17, 15) is 4.79 Å². The smallest absolute Gasteiger partial charge is 0.414 e. The third-order valence-corrected chi connectivity index (χ3v) is 4.93. The number of carbonyl (C=O) groups excluding carboxylic acids is 1. The maximum Gasteiger partial charge on any atom is 0.414 e.